The van der Waals surface area contributed by atoms with Gasteiger partial charge < -0.3 is 5.32 Å². The molecule has 0 saturated heterocycles. The molecule has 0 radical (unpaired) electrons. The molecule has 3 nitrogen and oxygen atoms in total. The highest BCUT2D eigenvalue weighted by molar-refractivity contribution is 7.99. The van der Waals surface area contributed by atoms with Gasteiger partial charge in [0.1, 0.15) is 0 Å². The van der Waals surface area contributed by atoms with Crippen LogP contribution in [0.25, 0.3) is 0 Å². The van der Waals surface area contributed by atoms with Gasteiger partial charge in [0.15, 0.2) is 0 Å². The molecule has 1 aromatic carbocycles. The summed E-state index contributed by atoms with van der Waals surface area (Å²) in [6.07, 6.45) is 3.71. The SMILES string of the molecule is CCSC1CCC(N(C)CC(=O)Nc2ccc(C)c(C)c2)C1. The zero-order valence-electron chi connectivity index (χ0n) is 14.2. The summed E-state index contributed by atoms with van der Waals surface area (Å²) in [5.74, 6) is 1.27. The summed E-state index contributed by atoms with van der Waals surface area (Å²) >= 11 is 2.06. The number of amides is 1. The van der Waals surface area contributed by atoms with Crippen LogP contribution in [0.2, 0.25) is 0 Å². The van der Waals surface area contributed by atoms with Crippen molar-refractivity contribution >= 4 is 23.4 Å². The van der Waals surface area contributed by atoms with Crippen LogP contribution in [0.1, 0.15) is 37.3 Å². The second-order valence-corrected chi connectivity index (χ2v) is 7.88. The largest absolute Gasteiger partial charge is 0.325 e. The van der Waals surface area contributed by atoms with Crippen molar-refractivity contribution in [1.82, 2.24) is 4.90 Å². The summed E-state index contributed by atoms with van der Waals surface area (Å²) in [6, 6.07) is 6.62. The lowest BCUT2D eigenvalue weighted by Crippen LogP contribution is -2.36. The number of nitrogens with one attached hydrogen (secondary N) is 1. The van der Waals surface area contributed by atoms with E-state index in [1.807, 2.05) is 12.1 Å². The number of anilines is 1. The van der Waals surface area contributed by atoms with E-state index in [1.165, 1.54) is 36.1 Å². The third kappa shape index (κ3) is 4.75. The molecule has 2 atom stereocenters. The highest BCUT2D eigenvalue weighted by atomic mass is 32.2. The summed E-state index contributed by atoms with van der Waals surface area (Å²) in [7, 11) is 2.07. The first-order valence-electron chi connectivity index (χ1n) is 8.18. The first-order chi connectivity index (χ1) is 10.5. The number of rotatable bonds is 6. The Morgan fingerprint density at radius 3 is 2.77 bits per heavy atom. The molecule has 2 unspecified atom stereocenters. The molecule has 22 heavy (non-hydrogen) atoms. The van der Waals surface area contributed by atoms with Crippen LogP contribution in [0.5, 0.6) is 0 Å². The van der Waals surface area contributed by atoms with E-state index in [1.54, 1.807) is 0 Å². The fourth-order valence-corrected chi connectivity index (χ4v) is 4.21. The molecule has 0 aromatic heterocycles. The van der Waals surface area contributed by atoms with Crippen LogP contribution in [0.4, 0.5) is 5.69 Å². The van der Waals surface area contributed by atoms with Gasteiger partial charge in [-0.3, -0.25) is 9.69 Å². The first kappa shape index (κ1) is 17.4. The minimum Gasteiger partial charge on any atom is -0.325 e. The summed E-state index contributed by atoms with van der Waals surface area (Å²) in [4.78, 5) is 14.4. The number of likely N-dealkylation sites (N-methyl/N-ethyl adjacent to an activating group) is 1. The quantitative estimate of drug-likeness (QED) is 0.864. The third-order valence-electron chi connectivity index (χ3n) is 4.57. The van der Waals surface area contributed by atoms with E-state index >= 15 is 0 Å². The Morgan fingerprint density at radius 1 is 1.32 bits per heavy atom. The number of carbonyl (C=O) groups excluding carboxylic acids is 1. The standard InChI is InChI=1S/C18H28N2OS/c1-5-22-17-9-8-16(11-17)20(4)12-18(21)19-15-7-6-13(2)14(3)10-15/h6-7,10,16-17H,5,8-9,11-12H2,1-4H3,(H,19,21). The van der Waals surface area contributed by atoms with Crippen LogP contribution in [0, 0.1) is 13.8 Å². The first-order valence-corrected chi connectivity index (χ1v) is 9.23. The van der Waals surface area contributed by atoms with Crippen molar-refractivity contribution in [3.63, 3.8) is 0 Å². The molecule has 122 valence electrons. The van der Waals surface area contributed by atoms with Gasteiger partial charge in [0.2, 0.25) is 5.91 Å². The summed E-state index contributed by atoms with van der Waals surface area (Å²) < 4.78 is 0. The van der Waals surface area contributed by atoms with Crippen molar-refractivity contribution in [2.24, 2.45) is 0 Å². The maximum Gasteiger partial charge on any atom is 0.238 e. The van der Waals surface area contributed by atoms with Crippen molar-refractivity contribution < 1.29 is 4.79 Å². The van der Waals surface area contributed by atoms with Gasteiger partial charge in [-0.1, -0.05) is 13.0 Å². The highest BCUT2D eigenvalue weighted by Gasteiger charge is 2.28. The second-order valence-electron chi connectivity index (χ2n) is 6.31. The smallest absolute Gasteiger partial charge is 0.238 e. The Kier molecular flexibility index (Phi) is 6.33. The molecule has 1 aromatic rings. The van der Waals surface area contributed by atoms with Gasteiger partial charge in [0, 0.05) is 17.0 Å². The Labute approximate surface area is 138 Å². The van der Waals surface area contributed by atoms with E-state index in [-0.39, 0.29) is 5.91 Å². The average Bonchev–Trinajstić information content (AvgIpc) is 2.92. The minimum atomic E-state index is 0.0809. The molecule has 1 fully saturated rings. The predicted octanol–water partition coefficient (Wildman–Crippen LogP) is 3.85. The van der Waals surface area contributed by atoms with Gasteiger partial charge >= 0.3 is 0 Å². The van der Waals surface area contributed by atoms with Crippen molar-refractivity contribution in [3.8, 4) is 0 Å². The van der Waals surface area contributed by atoms with Gasteiger partial charge in [-0.25, -0.2) is 0 Å². The molecule has 0 bridgehead atoms. The second kappa shape index (κ2) is 8.02. The average molecular weight is 321 g/mol. The fraction of sp³-hybridized carbons (Fsp3) is 0.611. The molecule has 4 heteroatoms. The highest BCUT2D eigenvalue weighted by Crippen LogP contribution is 2.32. The number of nitrogens with zero attached hydrogens (tertiary/aromatic N) is 1. The molecular formula is C18H28N2OS. The van der Waals surface area contributed by atoms with Crippen LogP contribution in [-0.4, -0.2) is 41.4 Å². The van der Waals surface area contributed by atoms with E-state index in [2.05, 4.69) is 55.9 Å². The van der Waals surface area contributed by atoms with Gasteiger partial charge in [-0.2, -0.15) is 11.8 Å². The van der Waals surface area contributed by atoms with Crippen molar-refractivity contribution in [3.05, 3.63) is 29.3 Å². The van der Waals surface area contributed by atoms with E-state index in [9.17, 15) is 4.79 Å². The van der Waals surface area contributed by atoms with Gasteiger partial charge in [-0.05, 0) is 69.2 Å². The monoisotopic (exact) mass is 320 g/mol. The molecule has 1 saturated carbocycles. The van der Waals surface area contributed by atoms with Crippen LogP contribution in [0.3, 0.4) is 0 Å². The molecule has 1 N–H and O–H groups in total. The topological polar surface area (TPSA) is 32.3 Å². The fourth-order valence-electron chi connectivity index (χ4n) is 3.08. The number of hydrogen-bond acceptors (Lipinski definition) is 3. The molecule has 0 aliphatic heterocycles. The molecule has 1 amide bonds. The third-order valence-corrected chi connectivity index (χ3v) is 5.80. The number of carbonyl (C=O) groups is 1. The van der Waals surface area contributed by atoms with Gasteiger partial charge in [0.25, 0.3) is 0 Å². The molecule has 0 heterocycles. The summed E-state index contributed by atoms with van der Waals surface area (Å²) in [5, 5.41) is 3.79. The molecule has 1 aliphatic carbocycles. The van der Waals surface area contributed by atoms with Crippen LogP contribution in [0.15, 0.2) is 18.2 Å². The van der Waals surface area contributed by atoms with Crippen LogP contribution >= 0.6 is 11.8 Å². The summed E-state index contributed by atoms with van der Waals surface area (Å²) in [5.41, 5.74) is 3.36. The van der Waals surface area contributed by atoms with Crippen molar-refractivity contribution in [2.45, 2.75) is 51.3 Å². The lowest BCUT2D eigenvalue weighted by atomic mass is 10.1. The Balaban J connectivity index is 1.82. The van der Waals surface area contributed by atoms with E-state index < -0.39 is 0 Å². The molecule has 0 spiro atoms. The number of thioether (sulfide) groups is 1. The summed E-state index contributed by atoms with van der Waals surface area (Å²) in [6.45, 7) is 6.85. The van der Waals surface area contributed by atoms with Crippen LogP contribution in [-0.2, 0) is 4.79 Å². The van der Waals surface area contributed by atoms with Gasteiger partial charge in [0.05, 0.1) is 6.54 Å². The molecular weight excluding hydrogens is 292 g/mol. The Morgan fingerprint density at radius 2 is 2.09 bits per heavy atom. The Hall–Kier alpha value is -1.00. The van der Waals surface area contributed by atoms with Crippen molar-refractivity contribution in [2.75, 3.05) is 24.7 Å². The normalized spacial score (nSPS) is 21.3. The Bertz CT molecular complexity index is 518. The van der Waals surface area contributed by atoms with Crippen molar-refractivity contribution in [1.29, 1.82) is 0 Å². The minimum absolute atomic E-state index is 0.0809. The number of benzene rings is 1. The maximum absolute atomic E-state index is 12.2. The lowest BCUT2D eigenvalue weighted by Gasteiger charge is -2.23. The van der Waals surface area contributed by atoms with E-state index in [4.69, 9.17) is 0 Å². The predicted molar refractivity (Wildman–Crippen MR) is 96.7 cm³/mol. The molecule has 2 rings (SSSR count). The van der Waals surface area contributed by atoms with E-state index in [0.29, 0.717) is 12.6 Å². The number of hydrogen-bond donors (Lipinski definition) is 1. The van der Waals surface area contributed by atoms with Crippen LogP contribution < -0.4 is 5.32 Å². The number of aryl methyl sites for hydroxylation is 2. The zero-order chi connectivity index (χ0) is 16.1. The lowest BCUT2D eigenvalue weighted by molar-refractivity contribution is -0.117. The van der Waals surface area contributed by atoms with E-state index in [0.717, 1.165) is 10.9 Å². The van der Waals surface area contributed by atoms with Gasteiger partial charge in [-0.15, -0.1) is 0 Å². The molecule has 1 aliphatic rings. The zero-order valence-corrected chi connectivity index (χ0v) is 15.0. The maximum atomic E-state index is 12.2.